The fourth-order valence-corrected chi connectivity index (χ4v) is 6.89. The summed E-state index contributed by atoms with van der Waals surface area (Å²) in [4.78, 5) is 76.0. The van der Waals surface area contributed by atoms with Crippen LogP contribution in [0.5, 0.6) is 0 Å². The number of aliphatic hydroxyl groups is 5. The van der Waals surface area contributed by atoms with E-state index >= 15 is 0 Å². The average molecular weight is 875 g/mol. The highest BCUT2D eigenvalue weighted by molar-refractivity contribution is 5.92. The number of rotatable bonds is 22. The summed E-state index contributed by atoms with van der Waals surface area (Å²) in [7, 11) is 0. The number of aliphatic hydroxyl groups excluding tert-OH is 5. The zero-order chi connectivity index (χ0) is 44.9. The smallest absolute Gasteiger partial charge is 0.246 e. The van der Waals surface area contributed by atoms with Gasteiger partial charge in [0.05, 0.1) is 26.1 Å². The van der Waals surface area contributed by atoms with E-state index in [4.69, 9.17) is 24.7 Å². The van der Waals surface area contributed by atoms with Gasteiger partial charge in [0.2, 0.25) is 29.5 Å². The number of aromatic nitrogens is 4. The van der Waals surface area contributed by atoms with Crippen molar-refractivity contribution in [2.45, 2.75) is 107 Å². The number of hydrogen-bond acceptors (Lipinski definition) is 18. The van der Waals surface area contributed by atoms with E-state index in [1.54, 1.807) is 19.1 Å². The highest BCUT2D eigenvalue weighted by Gasteiger charge is 2.47. The molecular formula is C38H54N10O14. The fraction of sp³-hybridized carbons (Fsp3) is 0.579. The molecule has 24 heteroatoms. The molecule has 3 aromatic rings. The number of primary amides is 1. The molecule has 0 bridgehead atoms. The number of nitrogens with zero attached hydrogens (tertiary/aromatic N) is 4. The van der Waals surface area contributed by atoms with Crippen LogP contribution >= 0.6 is 0 Å². The molecule has 0 saturated carbocycles. The van der Waals surface area contributed by atoms with Crippen molar-refractivity contribution in [3.63, 3.8) is 0 Å². The van der Waals surface area contributed by atoms with Crippen LogP contribution in [0.25, 0.3) is 11.2 Å². The lowest BCUT2D eigenvalue weighted by atomic mass is 9.96. The Morgan fingerprint density at radius 3 is 2.27 bits per heavy atom. The number of nitrogens with two attached hydrogens (primary N) is 1. The number of nitrogens with one attached hydrogen (secondary N) is 5. The second-order valence-corrected chi connectivity index (χ2v) is 14.6. The predicted molar refractivity (Wildman–Crippen MR) is 213 cm³/mol. The lowest BCUT2D eigenvalue weighted by Crippen LogP contribution is -2.65. The molecule has 0 unspecified atom stereocenters. The zero-order valence-corrected chi connectivity index (χ0v) is 34.0. The lowest BCUT2D eigenvalue weighted by molar-refractivity contribution is -0.279. The summed E-state index contributed by atoms with van der Waals surface area (Å²) in [5.41, 5.74) is 6.91. The highest BCUT2D eigenvalue weighted by Crippen LogP contribution is 2.32. The number of amides is 5. The van der Waals surface area contributed by atoms with Crippen molar-refractivity contribution in [1.82, 2.24) is 40.8 Å². The van der Waals surface area contributed by atoms with Crippen molar-refractivity contribution >= 4 is 46.5 Å². The van der Waals surface area contributed by atoms with Crippen molar-refractivity contribution in [3.05, 3.63) is 48.5 Å². The monoisotopic (exact) mass is 874 g/mol. The first kappa shape index (κ1) is 47.6. The lowest BCUT2D eigenvalue weighted by Gasteiger charge is -2.44. The Labute approximate surface area is 354 Å². The Balaban J connectivity index is 1.08. The number of carbonyl (C=O) groups is 5. The van der Waals surface area contributed by atoms with Gasteiger partial charge in [-0.2, -0.15) is 0 Å². The summed E-state index contributed by atoms with van der Waals surface area (Å²) in [5.74, 6) is -3.13. The third-order valence-corrected chi connectivity index (χ3v) is 10.2. The summed E-state index contributed by atoms with van der Waals surface area (Å²) >= 11 is 0. The van der Waals surface area contributed by atoms with E-state index in [-0.39, 0.29) is 44.6 Å². The Bertz CT molecular complexity index is 1980. The first-order valence-electron chi connectivity index (χ1n) is 19.9. The summed E-state index contributed by atoms with van der Waals surface area (Å²) in [6, 6.07) is 5.51. The number of benzene rings is 1. The van der Waals surface area contributed by atoms with Gasteiger partial charge < -0.3 is 76.8 Å². The molecule has 5 amide bonds. The van der Waals surface area contributed by atoms with Gasteiger partial charge in [0.1, 0.15) is 67.7 Å². The van der Waals surface area contributed by atoms with Crippen molar-refractivity contribution in [2.75, 3.05) is 38.2 Å². The van der Waals surface area contributed by atoms with Gasteiger partial charge in [-0.1, -0.05) is 37.3 Å². The van der Waals surface area contributed by atoms with E-state index in [2.05, 4.69) is 41.5 Å². The first-order valence-corrected chi connectivity index (χ1v) is 19.9. The van der Waals surface area contributed by atoms with Crippen molar-refractivity contribution in [2.24, 2.45) is 5.73 Å². The van der Waals surface area contributed by atoms with E-state index in [9.17, 15) is 49.5 Å². The summed E-state index contributed by atoms with van der Waals surface area (Å²) in [6.45, 7) is 1.37. The molecule has 62 heavy (non-hydrogen) atoms. The standard InChI is InChI=1S/C38H54N10O14/c1-3-21(46-26(53)16-59-32-27(45-19(2)51)38(62-24(14-50)30(32)55)60-15-20-7-5-4-6-8-20)36(58)47-22(33(39)57)9-10-25(52)40-11-12-41-34-28-35(43-17-42-34)48(18-44-28)37-31(56)29(54)23(13-49)61-37/h4-8,17-18,21-24,27,29-32,37-38,49-50,54-56H,3,9-16H2,1-2H3,(H2,39,57)(H,40,52)(H,45,51)(H,46,53)(H,47,58)(H,41,42,43)/t21-,22-,23-,24-,27-,29-,30-,31-,32-,37-,38+/m1/s1. The van der Waals surface area contributed by atoms with E-state index in [1.807, 2.05) is 18.2 Å². The summed E-state index contributed by atoms with van der Waals surface area (Å²) < 4.78 is 24.4. The third kappa shape index (κ3) is 12.1. The quantitative estimate of drug-likeness (QED) is 0.0426. The molecule has 2 fully saturated rings. The van der Waals surface area contributed by atoms with Crippen molar-refractivity contribution in [3.8, 4) is 0 Å². The second-order valence-electron chi connectivity index (χ2n) is 14.6. The van der Waals surface area contributed by atoms with Crippen LogP contribution < -0.4 is 32.3 Å². The van der Waals surface area contributed by atoms with Gasteiger partial charge in [0.15, 0.2) is 29.5 Å². The largest absolute Gasteiger partial charge is 0.394 e. The second kappa shape index (κ2) is 22.6. The Hall–Kier alpha value is -5.44. The normalized spacial score (nSPS) is 25.7. The maximum absolute atomic E-state index is 13.2. The summed E-state index contributed by atoms with van der Waals surface area (Å²) in [5, 5.41) is 64.1. The number of anilines is 1. The van der Waals surface area contributed by atoms with Crippen molar-refractivity contribution < 1.29 is 68.5 Å². The molecule has 12 N–H and O–H groups in total. The molecule has 0 aliphatic carbocycles. The fourth-order valence-electron chi connectivity index (χ4n) is 6.89. The zero-order valence-electron chi connectivity index (χ0n) is 34.0. The molecule has 2 aliphatic heterocycles. The Morgan fingerprint density at radius 1 is 0.887 bits per heavy atom. The molecule has 24 nitrogen and oxygen atoms in total. The molecule has 0 spiro atoms. The maximum atomic E-state index is 13.2. The number of ether oxygens (including phenoxy) is 4. The molecule has 11 atom stereocenters. The van der Waals surface area contributed by atoms with Gasteiger partial charge in [-0.15, -0.1) is 0 Å². The van der Waals surface area contributed by atoms with Gasteiger partial charge >= 0.3 is 0 Å². The molecular weight excluding hydrogens is 820 g/mol. The number of imidazole rings is 1. The van der Waals surface area contributed by atoms with Crippen LogP contribution in [0.2, 0.25) is 0 Å². The van der Waals surface area contributed by atoms with E-state index in [1.165, 1.54) is 24.1 Å². The molecule has 2 aliphatic rings. The number of hydrogen-bond donors (Lipinski definition) is 11. The van der Waals surface area contributed by atoms with Crippen LogP contribution in [-0.2, 0) is 49.5 Å². The Morgan fingerprint density at radius 2 is 1.61 bits per heavy atom. The topological polar surface area (TPSA) is 353 Å². The average Bonchev–Trinajstić information content (AvgIpc) is 3.81. The van der Waals surface area contributed by atoms with Gasteiger partial charge in [-0.25, -0.2) is 15.0 Å². The van der Waals surface area contributed by atoms with E-state index < -0.39 is 117 Å². The third-order valence-electron chi connectivity index (χ3n) is 10.2. The highest BCUT2D eigenvalue weighted by atomic mass is 16.7. The van der Waals surface area contributed by atoms with Crippen LogP contribution in [-0.4, -0.2) is 169 Å². The molecule has 5 rings (SSSR count). The predicted octanol–water partition coefficient (Wildman–Crippen LogP) is -4.20. The molecule has 0 radical (unpaired) electrons. The van der Waals surface area contributed by atoms with E-state index in [0.717, 1.165) is 5.56 Å². The number of carbonyl (C=O) groups excluding carboxylic acids is 5. The molecule has 2 saturated heterocycles. The van der Waals surface area contributed by atoms with Crippen LogP contribution in [0.4, 0.5) is 5.82 Å². The van der Waals surface area contributed by atoms with Gasteiger partial charge in [0.25, 0.3) is 0 Å². The minimum Gasteiger partial charge on any atom is -0.394 e. The maximum Gasteiger partial charge on any atom is 0.246 e. The summed E-state index contributed by atoms with van der Waals surface area (Å²) in [6.07, 6.45) is -7.54. The molecule has 1 aromatic carbocycles. The molecule has 2 aromatic heterocycles. The van der Waals surface area contributed by atoms with Crippen LogP contribution in [0.1, 0.15) is 44.9 Å². The Kier molecular flexibility index (Phi) is 17.3. The molecule has 340 valence electrons. The van der Waals surface area contributed by atoms with E-state index in [0.29, 0.717) is 11.3 Å². The molecule has 4 heterocycles. The minimum atomic E-state index is -1.50. The number of fused-ring (bicyclic) bond motifs is 1. The first-order chi connectivity index (χ1) is 29.8. The SMILES string of the molecule is CC[C@@H](NC(=O)CO[C@H]1[C@H](O)[C@@H](CO)O[C@H](OCc2ccccc2)[C@@H]1NC(C)=O)C(=O)N[C@H](CCC(=O)NCCNc1ncnc2c1ncn2[C@@H]1O[C@H](CO)[C@@H](O)[C@H]1O)C(N)=O. The van der Waals surface area contributed by atoms with Crippen molar-refractivity contribution in [1.29, 1.82) is 0 Å². The van der Waals surface area contributed by atoms with Gasteiger partial charge in [-0.05, 0) is 18.4 Å². The van der Waals surface area contributed by atoms with Crippen LogP contribution in [0, 0.1) is 0 Å². The van der Waals surface area contributed by atoms with Gasteiger partial charge in [-0.3, -0.25) is 28.5 Å². The minimum absolute atomic E-state index is 0.0566. The van der Waals surface area contributed by atoms with Crippen LogP contribution in [0.3, 0.4) is 0 Å². The van der Waals surface area contributed by atoms with Crippen LogP contribution in [0.15, 0.2) is 43.0 Å². The van der Waals surface area contributed by atoms with Gasteiger partial charge in [0, 0.05) is 26.4 Å².